The maximum atomic E-state index is 5.19. The Morgan fingerprint density at radius 3 is 2.83 bits per heavy atom. The van der Waals surface area contributed by atoms with Crippen molar-refractivity contribution in [2.45, 2.75) is 12.6 Å². The summed E-state index contributed by atoms with van der Waals surface area (Å²) in [7, 11) is 0. The minimum absolute atomic E-state index is 0.323. The summed E-state index contributed by atoms with van der Waals surface area (Å²) in [5.41, 5.74) is 4.18. The highest BCUT2D eigenvalue weighted by molar-refractivity contribution is 5.64. The van der Waals surface area contributed by atoms with Crippen molar-refractivity contribution < 1.29 is 4.74 Å². The smallest absolute Gasteiger partial charge is 0.113 e. The second kappa shape index (κ2) is 6.18. The highest BCUT2D eigenvalue weighted by atomic mass is 16.5. The summed E-state index contributed by atoms with van der Waals surface area (Å²) in [6, 6.07) is 12.5. The van der Waals surface area contributed by atoms with Crippen molar-refractivity contribution in [1.82, 2.24) is 20.0 Å². The van der Waals surface area contributed by atoms with E-state index in [-0.39, 0.29) is 0 Å². The van der Waals surface area contributed by atoms with E-state index >= 15 is 0 Å². The Morgan fingerprint density at radius 1 is 1.17 bits per heavy atom. The summed E-state index contributed by atoms with van der Waals surface area (Å²) in [6.45, 7) is 2.20. The van der Waals surface area contributed by atoms with Crippen LogP contribution in [0.5, 0.6) is 0 Å². The topological polar surface area (TPSA) is 64.9 Å². The molecule has 1 aromatic carbocycles. The number of ether oxygens (including phenoxy) is 1. The lowest BCUT2D eigenvalue weighted by atomic mass is 10.1. The molecule has 0 bridgehead atoms. The molecular weight excluding hydrogens is 290 g/mol. The maximum Gasteiger partial charge on any atom is 0.113 e. The Balaban J connectivity index is 1.48. The van der Waals surface area contributed by atoms with Crippen molar-refractivity contribution >= 4 is 5.69 Å². The molecule has 116 valence electrons. The maximum absolute atomic E-state index is 5.19. The first-order valence-electron chi connectivity index (χ1n) is 7.61. The van der Waals surface area contributed by atoms with Crippen LogP contribution in [0.2, 0.25) is 0 Å². The van der Waals surface area contributed by atoms with E-state index < -0.39 is 0 Å². The zero-order valence-electron chi connectivity index (χ0n) is 12.6. The van der Waals surface area contributed by atoms with E-state index in [1.807, 2.05) is 35.1 Å². The van der Waals surface area contributed by atoms with Crippen LogP contribution in [0.25, 0.3) is 11.3 Å². The summed E-state index contributed by atoms with van der Waals surface area (Å²) >= 11 is 0. The lowest BCUT2D eigenvalue weighted by Crippen LogP contribution is -2.30. The Morgan fingerprint density at radius 2 is 2.04 bits per heavy atom. The molecule has 0 unspecified atom stereocenters. The molecule has 1 aliphatic rings. The van der Waals surface area contributed by atoms with Gasteiger partial charge in [0.25, 0.3) is 0 Å². The van der Waals surface area contributed by atoms with Crippen LogP contribution in [0.1, 0.15) is 11.6 Å². The standard InChI is InChI=1S/C17H17N5O/c1-2-14(17-10-22(21-20-17)16-11-23-12-16)8-15(3-1)19-9-13-4-6-18-7-5-13/h1-8,10,16,19H,9,11-12H2. The van der Waals surface area contributed by atoms with Crippen molar-refractivity contribution in [1.29, 1.82) is 0 Å². The van der Waals surface area contributed by atoms with E-state index in [2.05, 4.69) is 32.7 Å². The largest absolute Gasteiger partial charge is 0.381 e. The van der Waals surface area contributed by atoms with Crippen LogP contribution in [0.15, 0.2) is 55.0 Å². The highest BCUT2D eigenvalue weighted by Crippen LogP contribution is 2.23. The molecule has 6 heteroatoms. The fourth-order valence-corrected chi connectivity index (χ4v) is 2.46. The first kappa shape index (κ1) is 13.9. The van der Waals surface area contributed by atoms with Crippen molar-refractivity contribution in [2.24, 2.45) is 0 Å². The van der Waals surface area contributed by atoms with E-state index in [1.54, 1.807) is 12.4 Å². The van der Waals surface area contributed by atoms with Crippen LogP contribution in [0.3, 0.4) is 0 Å². The molecule has 0 amide bonds. The van der Waals surface area contributed by atoms with E-state index in [9.17, 15) is 0 Å². The predicted molar refractivity (Wildman–Crippen MR) is 86.9 cm³/mol. The summed E-state index contributed by atoms with van der Waals surface area (Å²) in [5.74, 6) is 0. The zero-order valence-corrected chi connectivity index (χ0v) is 12.6. The summed E-state index contributed by atoms with van der Waals surface area (Å²) < 4.78 is 7.08. The zero-order chi connectivity index (χ0) is 15.5. The summed E-state index contributed by atoms with van der Waals surface area (Å²) in [5, 5.41) is 11.9. The first-order chi connectivity index (χ1) is 11.4. The lowest BCUT2D eigenvalue weighted by Gasteiger charge is -2.25. The average molecular weight is 307 g/mol. The van der Waals surface area contributed by atoms with Crippen LogP contribution < -0.4 is 5.32 Å². The molecule has 0 spiro atoms. The Bertz CT molecular complexity index is 782. The Labute approximate surface area is 134 Å². The molecule has 1 fully saturated rings. The van der Waals surface area contributed by atoms with Crippen LogP contribution in [-0.2, 0) is 11.3 Å². The minimum atomic E-state index is 0.323. The lowest BCUT2D eigenvalue weighted by molar-refractivity contribution is -0.0293. The van der Waals surface area contributed by atoms with Gasteiger partial charge in [0, 0.05) is 30.2 Å². The normalized spacial score (nSPS) is 14.4. The minimum Gasteiger partial charge on any atom is -0.381 e. The van der Waals surface area contributed by atoms with Gasteiger partial charge in [-0.1, -0.05) is 17.3 Å². The first-order valence-corrected chi connectivity index (χ1v) is 7.61. The van der Waals surface area contributed by atoms with Crippen molar-refractivity contribution in [2.75, 3.05) is 18.5 Å². The number of anilines is 1. The number of rotatable bonds is 5. The fraction of sp³-hybridized carbons (Fsp3) is 0.235. The molecule has 6 nitrogen and oxygen atoms in total. The van der Waals surface area contributed by atoms with Crippen LogP contribution in [-0.4, -0.2) is 33.2 Å². The third-order valence-electron chi connectivity index (χ3n) is 3.91. The Kier molecular flexibility index (Phi) is 3.73. The van der Waals surface area contributed by atoms with Gasteiger partial charge in [-0.05, 0) is 29.8 Å². The SMILES string of the molecule is c1cc(NCc2ccncc2)cc(-c2cn(C3COC3)nn2)c1. The van der Waals surface area contributed by atoms with Gasteiger partial charge in [0.1, 0.15) is 11.7 Å². The molecule has 0 saturated carbocycles. The van der Waals surface area contributed by atoms with E-state index in [0.717, 1.165) is 36.7 Å². The van der Waals surface area contributed by atoms with Crippen molar-refractivity contribution in [3.63, 3.8) is 0 Å². The third-order valence-corrected chi connectivity index (χ3v) is 3.91. The van der Waals surface area contributed by atoms with Crippen molar-refractivity contribution in [3.8, 4) is 11.3 Å². The average Bonchev–Trinajstić information content (AvgIpc) is 3.02. The molecular formula is C17H17N5O. The van der Waals surface area contributed by atoms with Gasteiger partial charge in [0.2, 0.25) is 0 Å². The number of benzene rings is 1. The second-order valence-electron chi connectivity index (χ2n) is 5.56. The van der Waals surface area contributed by atoms with Crippen LogP contribution in [0.4, 0.5) is 5.69 Å². The number of nitrogens with zero attached hydrogens (tertiary/aromatic N) is 4. The van der Waals surface area contributed by atoms with Gasteiger partial charge >= 0.3 is 0 Å². The van der Waals surface area contributed by atoms with Gasteiger partial charge in [-0.2, -0.15) is 0 Å². The molecule has 1 aliphatic heterocycles. The molecule has 0 radical (unpaired) electrons. The van der Waals surface area contributed by atoms with Gasteiger partial charge in [-0.3, -0.25) is 4.98 Å². The molecule has 3 aromatic rings. The quantitative estimate of drug-likeness (QED) is 0.784. The third kappa shape index (κ3) is 3.07. The van der Waals surface area contributed by atoms with E-state index in [0.29, 0.717) is 6.04 Å². The number of aromatic nitrogens is 4. The van der Waals surface area contributed by atoms with Gasteiger partial charge in [-0.15, -0.1) is 5.10 Å². The summed E-state index contributed by atoms with van der Waals surface area (Å²) in [4.78, 5) is 4.03. The van der Waals surface area contributed by atoms with Gasteiger partial charge < -0.3 is 10.1 Å². The molecule has 2 aromatic heterocycles. The number of nitrogens with one attached hydrogen (secondary N) is 1. The van der Waals surface area contributed by atoms with Crippen LogP contribution in [0, 0.1) is 0 Å². The summed E-state index contributed by atoms with van der Waals surface area (Å²) in [6.07, 6.45) is 5.58. The highest BCUT2D eigenvalue weighted by Gasteiger charge is 2.21. The molecule has 4 rings (SSSR count). The van der Waals surface area contributed by atoms with Gasteiger partial charge in [0.15, 0.2) is 0 Å². The molecule has 1 saturated heterocycles. The van der Waals surface area contributed by atoms with E-state index in [1.165, 1.54) is 5.56 Å². The van der Waals surface area contributed by atoms with E-state index in [4.69, 9.17) is 4.74 Å². The fourth-order valence-electron chi connectivity index (χ4n) is 2.46. The molecule has 0 aliphatic carbocycles. The number of hydrogen-bond acceptors (Lipinski definition) is 5. The molecule has 1 N–H and O–H groups in total. The Hall–Kier alpha value is -2.73. The van der Waals surface area contributed by atoms with Gasteiger partial charge in [0.05, 0.1) is 19.4 Å². The second-order valence-corrected chi connectivity index (χ2v) is 5.56. The predicted octanol–water partition coefficient (Wildman–Crippen LogP) is 2.52. The van der Waals surface area contributed by atoms with Gasteiger partial charge in [-0.25, -0.2) is 4.68 Å². The van der Waals surface area contributed by atoms with Crippen molar-refractivity contribution in [3.05, 3.63) is 60.6 Å². The number of pyridine rings is 1. The van der Waals surface area contributed by atoms with Crippen LogP contribution >= 0.6 is 0 Å². The molecule has 23 heavy (non-hydrogen) atoms. The molecule has 3 heterocycles. The number of hydrogen-bond donors (Lipinski definition) is 1. The monoisotopic (exact) mass is 307 g/mol. The molecule has 0 atom stereocenters.